The topological polar surface area (TPSA) is 149 Å². The molecule has 0 saturated heterocycles. The number of fused-ring (bicyclic) bond motifs is 1. The summed E-state index contributed by atoms with van der Waals surface area (Å²) in [5, 5.41) is 3.86. The van der Waals surface area contributed by atoms with Crippen molar-refractivity contribution < 1.29 is 31.5 Å². The van der Waals surface area contributed by atoms with Gasteiger partial charge in [0.15, 0.2) is 6.29 Å². The van der Waals surface area contributed by atoms with Gasteiger partial charge in [-0.15, -0.1) is 4.40 Å². The highest BCUT2D eigenvalue weighted by Gasteiger charge is 2.31. The molecule has 0 aliphatic rings. The Balaban J connectivity index is 0.00000319. The van der Waals surface area contributed by atoms with Gasteiger partial charge in [-0.1, -0.05) is 42.8 Å². The number of halogens is 3. The Kier molecular flexibility index (Phi) is 14.3. The number of nitrogens with two attached hydrogens (primary N) is 1. The Morgan fingerprint density at radius 3 is 2.43 bits per heavy atom. The van der Waals surface area contributed by atoms with Crippen LogP contribution in [-0.2, 0) is 27.9 Å². The van der Waals surface area contributed by atoms with Gasteiger partial charge in [0, 0.05) is 55.0 Å². The lowest BCUT2D eigenvalue weighted by molar-refractivity contribution is 0.0722. The molecule has 0 bridgehead atoms. The summed E-state index contributed by atoms with van der Waals surface area (Å²) in [6.45, 7) is 2.66. The molecule has 0 aliphatic carbocycles. The number of anilines is 1. The van der Waals surface area contributed by atoms with E-state index in [9.17, 15) is 26.8 Å². The second-order valence-corrected chi connectivity index (χ2v) is 14.1. The molecule has 2 aromatic heterocycles. The number of thiol groups is 1. The first kappa shape index (κ1) is 41.9. The number of benzene rings is 3. The summed E-state index contributed by atoms with van der Waals surface area (Å²) in [5.74, 6) is -2.52. The molecule has 0 saturated carbocycles. The number of nitrogens with one attached hydrogen (secondary N) is 1. The Bertz CT molecular complexity index is 2280. The van der Waals surface area contributed by atoms with Crippen molar-refractivity contribution in [2.45, 2.75) is 32.5 Å². The van der Waals surface area contributed by atoms with Crippen LogP contribution in [-0.4, -0.2) is 74.1 Å². The Labute approximate surface area is 323 Å². The summed E-state index contributed by atoms with van der Waals surface area (Å²) in [6, 6.07) is 15.3. The number of likely N-dealkylation sites (N-methyl/N-ethyl adjacent to an activating group) is 1. The zero-order valence-electron chi connectivity index (χ0n) is 30.3. The number of hydrogen-bond donors (Lipinski definition) is 3. The molecule has 0 fully saturated rings. The molecule has 1 amide bonds. The van der Waals surface area contributed by atoms with Crippen LogP contribution in [0.1, 0.15) is 56.9 Å². The Hall–Kier alpha value is -4.83. The third-order valence-electron chi connectivity index (χ3n) is 8.33. The van der Waals surface area contributed by atoms with E-state index in [0.29, 0.717) is 46.4 Å². The quantitative estimate of drug-likeness (QED) is 0.0353. The number of aldehydes is 1. The van der Waals surface area contributed by atoms with Crippen LogP contribution in [0.4, 0.5) is 14.5 Å². The molecule has 286 valence electrons. The van der Waals surface area contributed by atoms with Crippen LogP contribution in [0.2, 0.25) is 5.02 Å². The van der Waals surface area contributed by atoms with Gasteiger partial charge in [-0.05, 0) is 61.1 Å². The number of sulfonamides is 1. The molecule has 5 rings (SSSR count). The smallest absolute Gasteiger partial charge is 0.254 e. The van der Waals surface area contributed by atoms with E-state index >= 15 is 0 Å². The number of aromatic nitrogens is 2. The molecule has 1 unspecified atom stereocenters. The highest BCUT2D eigenvalue weighted by Crippen LogP contribution is 2.41. The lowest BCUT2D eigenvalue weighted by atomic mass is 9.91. The molecule has 54 heavy (non-hydrogen) atoms. The molecule has 16 heteroatoms. The molecular weight excluding hydrogens is 758 g/mol. The number of rotatable bonds is 14. The van der Waals surface area contributed by atoms with Crippen LogP contribution >= 0.6 is 24.2 Å². The molecule has 2 heterocycles. The average Bonchev–Trinajstić information content (AvgIpc) is 3.53. The monoisotopic (exact) mass is 798 g/mol. The summed E-state index contributed by atoms with van der Waals surface area (Å²) in [6.07, 6.45) is 5.66. The van der Waals surface area contributed by atoms with E-state index in [1.165, 1.54) is 42.3 Å². The standard InChI is InChI=1S/C37H37ClF2N6O5S.CH4S/c1-5-14-51-21-46-13-12-23-18-29(28-10-11-30(38)32(34(28)42-2)35(41)44-52(4,49)50)33(43-36(23)46)31(17-22-15-25(39)19-26(40)16-22)45(3)37(48)27-9-7-6-8-24(27)20-47;1-2/h6-13,15-16,18-20,31,42H,5,14,17,21H2,1-4H3,(H2,41,44);2H,1H3. The second-order valence-electron chi connectivity index (χ2n) is 12.1. The first-order chi connectivity index (χ1) is 25.8. The van der Waals surface area contributed by atoms with E-state index < -0.39 is 33.6 Å². The lowest BCUT2D eigenvalue weighted by Crippen LogP contribution is -2.34. The highest BCUT2D eigenvalue weighted by atomic mass is 35.5. The van der Waals surface area contributed by atoms with E-state index in [2.05, 4.69) is 22.3 Å². The molecular formula is C38H41ClF2N6O5S2. The fourth-order valence-corrected chi connectivity index (χ4v) is 6.74. The number of carbonyl (C=O) groups excluding carboxylic acids is 2. The predicted octanol–water partition coefficient (Wildman–Crippen LogP) is 7.14. The van der Waals surface area contributed by atoms with Crippen molar-refractivity contribution in [2.24, 2.45) is 10.1 Å². The third kappa shape index (κ3) is 9.63. The van der Waals surface area contributed by atoms with Crippen molar-refractivity contribution in [3.8, 4) is 11.1 Å². The van der Waals surface area contributed by atoms with Crippen molar-refractivity contribution >= 4 is 69.0 Å². The van der Waals surface area contributed by atoms with Gasteiger partial charge in [-0.25, -0.2) is 22.2 Å². The van der Waals surface area contributed by atoms with Crippen molar-refractivity contribution in [1.82, 2.24) is 14.5 Å². The van der Waals surface area contributed by atoms with Crippen molar-refractivity contribution in [3.05, 3.63) is 118 Å². The van der Waals surface area contributed by atoms with E-state index in [1.807, 2.05) is 19.1 Å². The molecule has 0 spiro atoms. The maximum Gasteiger partial charge on any atom is 0.254 e. The van der Waals surface area contributed by atoms with Crippen molar-refractivity contribution in [3.63, 3.8) is 0 Å². The fraction of sp³-hybridized carbons (Fsp3) is 0.263. The minimum absolute atomic E-state index is 0.105. The zero-order valence-corrected chi connectivity index (χ0v) is 32.8. The zero-order chi connectivity index (χ0) is 39.7. The van der Waals surface area contributed by atoms with Gasteiger partial charge in [0.25, 0.3) is 15.9 Å². The maximum atomic E-state index is 14.6. The highest BCUT2D eigenvalue weighted by molar-refractivity contribution is 7.89. The van der Waals surface area contributed by atoms with Crippen LogP contribution < -0.4 is 11.1 Å². The first-order valence-corrected chi connectivity index (χ1v) is 19.7. The number of hydrogen-bond acceptors (Lipinski definition) is 8. The van der Waals surface area contributed by atoms with E-state index in [-0.39, 0.29) is 46.3 Å². The third-order valence-corrected chi connectivity index (χ3v) is 9.18. The Morgan fingerprint density at radius 1 is 1.11 bits per heavy atom. The van der Waals surface area contributed by atoms with Crippen LogP contribution in [0.25, 0.3) is 22.2 Å². The molecule has 1 atom stereocenters. The van der Waals surface area contributed by atoms with Crippen molar-refractivity contribution in [1.29, 1.82) is 0 Å². The van der Waals surface area contributed by atoms with Gasteiger partial charge in [0.1, 0.15) is 29.8 Å². The second kappa shape index (κ2) is 18.5. The number of nitrogens with zero attached hydrogens (tertiary/aromatic N) is 4. The number of pyridine rings is 1. The SMILES string of the molecule is CCCOCn1ccc2cc(-c3ccc(Cl)c(/C(N)=N/S(C)(=O)=O)c3NC)c(C(Cc3cc(F)cc(F)c3)N(C)C(=O)c3ccccc3C=O)nc21.CS. The van der Waals surface area contributed by atoms with Gasteiger partial charge >= 0.3 is 0 Å². The summed E-state index contributed by atoms with van der Waals surface area (Å²) < 4.78 is 64.7. The van der Waals surface area contributed by atoms with E-state index in [4.69, 9.17) is 27.1 Å². The Morgan fingerprint density at radius 2 is 1.80 bits per heavy atom. The molecule has 11 nitrogen and oxygen atoms in total. The van der Waals surface area contributed by atoms with Crippen LogP contribution in [0.15, 0.2) is 77.3 Å². The van der Waals surface area contributed by atoms with Gasteiger partial charge in [0.05, 0.1) is 39.8 Å². The number of amides is 1. The van der Waals surface area contributed by atoms with Gasteiger partial charge in [-0.3, -0.25) is 9.59 Å². The number of amidine groups is 1. The summed E-state index contributed by atoms with van der Waals surface area (Å²) in [7, 11) is -0.807. The van der Waals surface area contributed by atoms with Crippen molar-refractivity contribution in [2.75, 3.05) is 38.5 Å². The predicted molar refractivity (Wildman–Crippen MR) is 213 cm³/mol. The summed E-state index contributed by atoms with van der Waals surface area (Å²) >= 11 is 10.1. The summed E-state index contributed by atoms with van der Waals surface area (Å²) in [5.41, 5.74) is 8.85. The average molecular weight is 799 g/mol. The van der Waals surface area contributed by atoms with Gasteiger partial charge in [-0.2, -0.15) is 12.6 Å². The van der Waals surface area contributed by atoms with Gasteiger partial charge in [0.2, 0.25) is 0 Å². The number of ether oxygens (including phenoxy) is 1. The normalized spacial score (nSPS) is 12.2. The van der Waals surface area contributed by atoms with Crippen LogP contribution in [0, 0.1) is 11.6 Å². The van der Waals surface area contributed by atoms with Gasteiger partial charge < -0.3 is 25.3 Å². The lowest BCUT2D eigenvalue weighted by Gasteiger charge is -2.31. The largest absolute Gasteiger partial charge is 0.387 e. The minimum Gasteiger partial charge on any atom is -0.387 e. The molecule has 5 aromatic rings. The fourth-order valence-electron chi connectivity index (χ4n) is 6.04. The van der Waals surface area contributed by atoms with E-state index in [1.54, 1.807) is 42.3 Å². The minimum atomic E-state index is -3.92. The molecule has 3 N–H and O–H groups in total. The maximum absolute atomic E-state index is 14.6. The van der Waals surface area contributed by atoms with Crippen LogP contribution in [0.5, 0.6) is 0 Å². The van der Waals surface area contributed by atoms with E-state index in [0.717, 1.165) is 18.7 Å². The first-order valence-electron chi connectivity index (χ1n) is 16.6. The molecule has 3 aromatic carbocycles. The molecule has 0 aliphatic heterocycles. The number of carbonyl (C=O) groups is 2. The van der Waals surface area contributed by atoms with Crippen LogP contribution in [0.3, 0.4) is 0 Å². The summed E-state index contributed by atoms with van der Waals surface area (Å²) in [4.78, 5) is 32.7. The molecule has 0 radical (unpaired) electrons.